The highest BCUT2D eigenvalue weighted by molar-refractivity contribution is 7.89. The first-order chi connectivity index (χ1) is 9.41. The Morgan fingerprint density at radius 1 is 1.20 bits per heavy atom. The van der Waals surface area contributed by atoms with Gasteiger partial charge in [-0.1, -0.05) is 12.5 Å². The minimum Gasteiger partial charge on any atom is -0.325 e. The third-order valence-corrected chi connectivity index (χ3v) is 5.32. The van der Waals surface area contributed by atoms with Crippen LogP contribution in [0.4, 0.5) is 5.69 Å². The van der Waals surface area contributed by atoms with Crippen molar-refractivity contribution in [2.24, 2.45) is 0 Å². The van der Waals surface area contributed by atoms with Gasteiger partial charge in [0.25, 0.3) is 0 Å². The van der Waals surface area contributed by atoms with Crippen molar-refractivity contribution in [2.45, 2.75) is 38.0 Å². The first-order valence-electron chi connectivity index (χ1n) is 6.79. The number of piperidine rings is 1. The number of rotatable bonds is 3. The standard InChI is InChI=1S/C14H20N2O3S/c1-11-6-7-13(15-12(2)17)14(10-11)20(18,19)16-8-4-3-5-9-16/h6-7,10H,3-5,8-9H2,1-2H3,(H,15,17). The molecule has 0 unspecified atom stereocenters. The molecule has 6 heteroatoms. The zero-order valence-corrected chi connectivity index (χ0v) is 12.7. The number of nitrogens with one attached hydrogen (secondary N) is 1. The van der Waals surface area contributed by atoms with Crippen LogP contribution < -0.4 is 5.32 Å². The molecule has 0 spiro atoms. The van der Waals surface area contributed by atoms with E-state index in [1.807, 2.05) is 6.92 Å². The highest BCUT2D eigenvalue weighted by Gasteiger charge is 2.28. The molecule has 110 valence electrons. The van der Waals surface area contributed by atoms with Gasteiger partial charge in [-0.25, -0.2) is 8.42 Å². The van der Waals surface area contributed by atoms with Gasteiger partial charge >= 0.3 is 0 Å². The lowest BCUT2D eigenvalue weighted by Gasteiger charge is -2.27. The number of nitrogens with zero attached hydrogens (tertiary/aromatic N) is 1. The maximum Gasteiger partial charge on any atom is 0.245 e. The Kier molecular flexibility index (Phi) is 4.45. The van der Waals surface area contributed by atoms with Crippen molar-refractivity contribution in [3.8, 4) is 0 Å². The van der Waals surface area contributed by atoms with Crippen LogP contribution in [-0.2, 0) is 14.8 Å². The van der Waals surface area contributed by atoms with Gasteiger partial charge in [0.1, 0.15) is 4.90 Å². The lowest BCUT2D eigenvalue weighted by Crippen LogP contribution is -2.36. The fourth-order valence-electron chi connectivity index (χ4n) is 2.38. The predicted molar refractivity (Wildman–Crippen MR) is 78.1 cm³/mol. The van der Waals surface area contributed by atoms with Crippen molar-refractivity contribution in [3.05, 3.63) is 23.8 Å². The first-order valence-corrected chi connectivity index (χ1v) is 8.23. The fraction of sp³-hybridized carbons (Fsp3) is 0.500. The Hall–Kier alpha value is -1.40. The summed E-state index contributed by atoms with van der Waals surface area (Å²) >= 11 is 0. The quantitative estimate of drug-likeness (QED) is 0.929. The SMILES string of the molecule is CC(=O)Nc1ccc(C)cc1S(=O)(=O)N1CCCCC1. The molecule has 1 saturated heterocycles. The van der Waals surface area contributed by atoms with Gasteiger partial charge in [0, 0.05) is 20.0 Å². The van der Waals surface area contributed by atoms with Crippen LogP contribution >= 0.6 is 0 Å². The molecule has 1 aromatic rings. The number of sulfonamides is 1. The van der Waals surface area contributed by atoms with Crippen LogP contribution in [0.3, 0.4) is 0 Å². The van der Waals surface area contributed by atoms with Crippen molar-refractivity contribution in [1.82, 2.24) is 4.31 Å². The normalized spacial score (nSPS) is 16.9. The van der Waals surface area contributed by atoms with Crippen LogP contribution in [0.25, 0.3) is 0 Å². The van der Waals surface area contributed by atoms with Crippen molar-refractivity contribution in [2.75, 3.05) is 18.4 Å². The summed E-state index contributed by atoms with van der Waals surface area (Å²) in [6, 6.07) is 5.06. The molecule has 1 heterocycles. The van der Waals surface area contributed by atoms with Gasteiger partial charge in [-0.3, -0.25) is 4.79 Å². The van der Waals surface area contributed by atoms with Crippen LogP contribution in [0.1, 0.15) is 31.7 Å². The van der Waals surface area contributed by atoms with Crippen LogP contribution in [-0.4, -0.2) is 31.7 Å². The smallest absolute Gasteiger partial charge is 0.245 e. The number of carbonyl (C=O) groups is 1. The van der Waals surface area contributed by atoms with Crippen LogP contribution in [0.15, 0.2) is 23.1 Å². The minimum absolute atomic E-state index is 0.189. The topological polar surface area (TPSA) is 66.5 Å². The molecule has 5 nitrogen and oxygen atoms in total. The van der Waals surface area contributed by atoms with Crippen molar-refractivity contribution in [1.29, 1.82) is 0 Å². The van der Waals surface area contributed by atoms with E-state index in [9.17, 15) is 13.2 Å². The van der Waals surface area contributed by atoms with E-state index in [-0.39, 0.29) is 10.8 Å². The van der Waals surface area contributed by atoms with Crippen LogP contribution in [0, 0.1) is 6.92 Å². The van der Waals surface area contributed by atoms with E-state index >= 15 is 0 Å². The Morgan fingerprint density at radius 3 is 2.45 bits per heavy atom. The van der Waals surface area contributed by atoms with E-state index in [0.29, 0.717) is 18.8 Å². The average Bonchev–Trinajstić information content (AvgIpc) is 2.41. The lowest BCUT2D eigenvalue weighted by atomic mass is 10.2. The molecule has 0 radical (unpaired) electrons. The zero-order chi connectivity index (χ0) is 14.8. The highest BCUT2D eigenvalue weighted by Crippen LogP contribution is 2.27. The number of hydrogen-bond donors (Lipinski definition) is 1. The molecular formula is C14H20N2O3S. The summed E-state index contributed by atoms with van der Waals surface area (Å²) in [6.45, 7) is 4.31. The molecule has 20 heavy (non-hydrogen) atoms. The van der Waals surface area contributed by atoms with Gasteiger partial charge in [0.2, 0.25) is 15.9 Å². The minimum atomic E-state index is -3.54. The predicted octanol–water partition coefficient (Wildman–Crippen LogP) is 2.13. The molecular weight excluding hydrogens is 276 g/mol. The number of anilines is 1. The number of hydrogen-bond acceptors (Lipinski definition) is 3. The van der Waals surface area contributed by atoms with Crippen LogP contribution in [0.2, 0.25) is 0 Å². The summed E-state index contributed by atoms with van der Waals surface area (Å²) in [4.78, 5) is 11.4. The number of benzene rings is 1. The third kappa shape index (κ3) is 3.19. The number of amides is 1. The van der Waals surface area contributed by atoms with Crippen molar-refractivity contribution >= 4 is 21.6 Å². The summed E-state index contributed by atoms with van der Waals surface area (Å²) in [7, 11) is -3.54. The average molecular weight is 296 g/mol. The maximum absolute atomic E-state index is 12.7. The van der Waals surface area contributed by atoms with Crippen LogP contribution in [0.5, 0.6) is 0 Å². The monoisotopic (exact) mass is 296 g/mol. The maximum atomic E-state index is 12.7. The van der Waals surface area contributed by atoms with E-state index in [2.05, 4.69) is 5.32 Å². The zero-order valence-electron chi connectivity index (χ0n) is 11.8. The third-order valence-electron chi connectivity index (χ3n) is 3.38. The van der Waals surface area contributed by atoms with Crippen molar-refractivity contribution < 1.29 is 13.2 Å². The summed E-state index contributed by atoms with van der Waals surface area (Å²) in [6.07, 6.45) is 2.85. The second-order valence-electron chi connectivity index (χ2n) is 5.15. The van der Waals surface area contributed by atoms with Gasteiger partial charge in [0.15, 0.2) is 0 Å². The summed E-state index contributed by atoms with van der Waals surface area (Å²) in [5.74, 6) is -0.274. The number of carbonyl (C=O) groups excluding carboxylic acids is 1. The highest BCUT2D eigenvalue weighted by atomic mass is 32.2. The van der Waals surface area contributed by atoms with Crippen molar-refractivity contribution in [3.63, 3.8) is 0 Å². The lowest BCUT2D eigenvalue weighted by molar-refractivity contribution is -0.114. The fourth-order valence-corrected chi connectivity index (χ4v) is 4.13. The molecule has 0 aliphatic carbocycles. The molecule has 2 rings (SSSR count). The molecule has 0 bridgehead atoms. The van der Waals surface area contributed by atoms with Gasteiger partial charge in [-0.2, -0.15) is 4.31 Å². The van der Waals surface area contributed by atoms with Gasteiger partial charge in [-0.05, 0) is 37.5 Å². The molecule has 0 atom stereocenters. The summed E-state index contributed by atoms with van der Waals surface area (Å²) < 4.78 is 26.9. The summed E-state index contributed by atoms with van der Waals surface area (Å²) in [5, 5.41) is 2.60. The van der Waals surface area contributed by atoms with Gasteiger partial charge in [-0.15, -0.1) is 0 Å². The molecule has 1 N–H and O–H groups in total. The van der Waals surface area contributed by atoms with E-state index < -0.39 is 10.0 Å². The van der Waals surface area contributed by atoms with E-state index in [4.69, 9.17) is 0 Å². The molecule has 0 aromatic heterocycles. The molecule has 1 aliphatic rings. The van der Waals surface area contributed by atoms with E-state index in [1.54, 1.807) is 18.2 Å². The molecule has 1 amide bonds. The first kappa shape index (κ1) is 15.0. The summed E-state index contributed by atoms with van der Waals surface area (Å²) in [5.41, 5.74) is 1.21. The van der Waals surface area contributed by atoms with E-state index in [0.717, 1.165) is 24.8 Å². The van der Waals surface area contributed by atoms with E-state index in [1.165, 1.54) is 11.2 Å². The largest absolute Gasteiger partial charge is 0.325 e. The Balaban J connectivity index is 2.43. The Morgan fingerprint density at radius 2 is 1.85 bits per heavy atom. The second kappa shape index (κ2) is 5.93. The Labute approximate surface area is 120 Å². The number of aryl methyl sites for hydroxylation is 1. The molecule has 1 fully saturated rings. The Bertz CT molecular complexity index is 605. The van der Waals surface area contributed by atoms with Gasteiger partial charge < -0.3 is 5.32 Å². The van der Waals surface area contributed by atoms with Gasteiger partial charge in [0.05, 0.1) is 5.69 Å². The second-order valence-corrected chi connectivity index (χ2v) is 7.05. The molecule has 1 aromatic carbocycles. The molecule has 1 aliphatic heterocycles. The molecule has 0 saturated carbocycles.